The molecule has 0 aromatic heterocycles. The van der Waals surface area contributed by atoms with Gasteiger partial charge < -0.3 is 20.3 Å². The van der Waals surface area contributed by atoms with Gasteiger partial charge in [0.05, 0.1) is 7.11 Å². The number of amides is 2. The third-order valence-electron chi connectivity index (χ3n) is 5.27. The van der Waals surface area contributed by atoms with Gasteiger partial charge in [0.1, 0.15) is 11.8 Å². The van der Waals surface area contributed by atoms with Crippen molar-refractivity contribution in [2.45, 2.75) is 19.9 Å². The van der Waals surface area contributed by atoms with Crippen LogP contribution in [0.1, 0.15) is 24.2 Å². The lowest BCUT2D eigenvalue weighted by Crippen LogP contribution is -2.51. The van der Waals surface area contributed by atoms with Gasteiger partial charge in [-0.05, 0) is 42.0 Å². The zero-order valence-electron chi connectivity index (χ0n) is 15.5. The maximum absolute atomic E-state index is 13.0. The van der Waals surface area contributed by atoms with E-state index in [1.54, 1.807) is 31.4 Å². The molecule has 2 saturated heterocycles. The third-order valence-corrected chi connectivity index (χ3v) is 5.27. The second-order valence-corrected chi connectivity index (χ2v) is 7.35. The first kappa shape index (κ1) is 20.5. The number of rotatable bonds is 5. The van der Waals surface area contributed by atoms with Gasteiger partial charge in [-0.25, -0.2) is 0 Å². The number of nitrogens with one attached hydrogen (secondary N) is 2. The first-order chi connectivity index (χ1) is 12.0. The van der Waals surface area contributed by atoms with Gasteiger partial charge in [0, 0.05) is 31.7 Å². The molecule has 7 heteroatoms. The van der Waals surface area contributed by atoms with Gasteiger partial charge in [0.25, 0.3) is 5.91 Å². The smallest absolute Gasteiger partial charge is 0.251 e. The largest absolute Gasteiger partial charge is 0.497 e. The predicted octanol–water partition coefficient (Wildman–Crippen LogP) is 1.55. The van der Waals surface area contributed by atoms with E-state index in [0.717, 1.165) is 26.2 Å². The Morgan fingerprint density at radius 1 is 1.15 bits per heavy atom. The molecule has 2 fully saturated rings. The molecule has 2 aliphatic heterocycles. The van der Waals surface area contributed by atoms with Crippen LogP contribution in [0, 0.1) is 17.8 Å². The molecule has 0 spiro atoms. The number of benzene rings is 1. The summed E-state index contributed by atoms with van der Waals surface area (Å²) in [7, 11) is 1.59. The van der Waals surface area contributed by atoms with Crippen LogP contribution in [-0.2, 0) is 4.79 Å². The van der Waals surface area contributed by atoms with Crippen molar-refractivity contribution in [3.8, 4) is 5.75 Å². The number of halogens is 1. The van der Waals surface area contributed by atoms with Crippen LogP contribution in [0.2, 0.25) is 0 Å². The van der Waals surface area contributed by atoms with Gasteiger partial charge in [0.15, 0.2) is 0 Å². The fourth-order valence-corrected chi connectivity index (χ4v) is 3.71. The lowest BCUT2D eigenvalue weighted by atomic mass is 10.0. The van der Waals surface area contributed by atoms with Gasteiger partial charge in [0.2, 0.25) is 5.91 Å². The summed E-state index contributed by atoms with van der Waals surface area (Å²) >= 11 is 0. The zero-order chi connectivity index (χ0) is 18.0. The number of nitrogens with zero attached hydrogens (tertiary/aromatic N) is 1. The molecule has 1 aromatic rings. The van der Waals surface area contributed by atoms with E-state index in [1.807, 2.05) is 18.7 Å². The number of fused-ring (bicyclic) bond motifs is 1. The van der Waals surface area contributed by atoms with Crippen LogP contribution < -0.4 is 15.4 Å². The van der Waals surface area contributed by atoms with Crippen molar-refractivity contribution < 1.29 is 14.3 Å². The van der Waals surface area contributed by atoms with Crippen molar-refractivity contribution in [3.05, 3.63) is 29.8 Å². The molecule has 2 amide bonds. The standard InChI is InChI=1S/C19H27N3O3.ClH/c1-12(2)17(19(24)22-10-14-8-20-9-15(14)11-22)21-18(23)13-4-6-16(25-3)7-5-13;/h4-7,12,14-15,17,20H,8-11H2,1-3H3,(H,21,23);1H/t14-,15+,17?;. The van der Waals surface area contributed by atoms with Gasteiger partial charge in [-0.3, -0.25) is 9.59 Å². The van der Waals surface area contributed by atoms with E-state index in [-0.39, 0.29) is 30.1 Å². The molecule has 1 aromatic carbocycles. The fraction of sp³-hybridized carbons (Fsp3) is 0.579. The number of hydrogen-bond acceptors (Lipinski definition) is 4. The summed E-state index contributed by atoms with van der Waals surface area (Å²) in [6, 6.07) is 6.41. The van der Waals surface area contributed by atoms with Gasteiger partial charge in [-0.1, -0.05) is 13.8 Å². The van der Waals surface area contributed by atoms with E-state index in [9.17, 15) is 9.59 Å². The second-order valence-electron chi connectivity index (χ2n) is 7.35. The second kappa shape index (κ2) is 8.73. The maximum Gasteiger partial charge on any atom is 0.251 e. The summed E-state index contributed by atoms with van der Waals surface area (Å²) < 4.78 is 5.11. The van der Waals surface area contributed by atoms with Crippen molar-refractivity contribution in [3.63, 3.8) is 0 Å². The Kier molecular flexibility index (Phi) is 6.89. The molecule has 0 radical (unpaired) electrons. The molecule has 0 saturated carbocycles. The van der Waals surface area contributed by atoms with Crippen LogP contribution >= 0.6 is 12.4 Å². The normalized spacial score (nSPS) is 22.5. The molecule has 2 N–H and O–H groups in total. The van der Waals surface area contributed by atoms with Crippen molar-refractivity contribution in [1.82, 2.24) is 15.5 Å². The van der Waals surface area contributed by atoms with E-state index in [4.69, 9.17) is 4.74 Å². The molecule has 2 heterocycles. The molecular formula is C19H28ClN3O3. The molecule has 1 unspecified atom stereocenters. The highest BCUT2D eigenvalue weighted by molar-refractivity contribution is 5.97. The summed E-state index contributed by atoms with van der Waals surface area (Å²) in [5, 5.41) is 6.31. The van der Waals surface area contributed by atoms with Gasteiger partial charge in [-0.2, -0.15) is 0 Å². The molecule has 2 aliphatic rings. The van der Waals surface area contributed by atoms with Crippen molar-refractivity contribution in [1.29, 1.82) is 0 Å². The predicted molar refractivity (Wildman–Crippen MR) is 103 cm³/mol. The van der Waals surface area contributed by atoms with E-state index in [2.05, 4.69) is 10.6 Å². The van der Waals surface area contributed by atoms with Crippen LogP contribution in [-0.4, -0.2) is 56.0 Å². The average Bonchev–Trinajstić information content (AvgIpc) is 3.20. The molecule has 26 heavy (non-hydrogen) atoms. The van der Waals surface area contributed by atoms with E-state index in [0.29, 0.717) is 23.1 Å². The monoisotopic (exact) mass is 381 g/mol. The van der Waals surface area contributed by atoms with Crippen molar-refractivity contribution in [2.24, 2.45) is 17.8 Å². The third kappa shape index (κ3) is 4.30. The summed E-state index contributed by atoms with van der Waals surface area (Å²) in [5.74, 6) is 1.64. The van der Waals surface area contributed by atoms with E-state index in [1.165, 1.54) is 0 Å². The van der Waals surface area contributed by atoms with Crippen LogP contribution in [0.15, 0.2) is 24.3 Å². The van der Waals surface area contributed by atoms with E-state index < -0.39 is 6.04 Å². The highest BCUT2D eigenvalue weighted by atomic mass is 35.5. The zero-order valence-corrected chi connectivity index (χ0v) is 16.3. The number of carbonyl (C=O) groups excluding carboxylic acids is 2. The molecule has 3 atom stereocenters. The minimum atomic E-state index is -0.499. The fourth-order valence-electron chi connectivity index (χ4n) is 3.71. The van der Waals surface area contributed by atoms with E-state index >= 15 is 0 Å². The Morgan fingerprint density at radius 3 is 2.23 bits per heavy atom. The minimum absolute atomic E-state index is 0. The van der Waals surface area contributed by atoms with Crippen LogP contribution in [0.4, 0.5) is 0 Å². The molecule has 6 nitrogen and oxygen atoms in total. The Labute approximate surface area is 161 Å². The Hall–Kier alpha value is -1.79. The summed E-state index contributed by atoms with van der Waals surface area (Å²) in [6.45, 7) is 7.49. The number of ether oxygens (including phenoxy) is 1. The van der Waals surface area contributed by atoms with Gasteiger partial charge in [-0.15, -0.1) is 12.4 Å². The Balaban J connectivity index is 0.00000243. The highest BCUT2D eigenvalue weighted by Crippen LogP contribution is 2.27. The number of likely N-dealkylation sites (tertiary alicyclic amines) is 1. The van der Waals surface area contributed by atoms with Crippen molar-refractivity contribution >= 4 is 24.2 Å². The van der Waals surface area contributed by atoms with Crippen LogP contribution in [0.3, 0.4) is 0 Å². The lowest BCUT2D eigenvalue weighted by Gasteiger charge is -2.27. The number of hydrogen-bond donors (Lipinski definition) is 2. The summed E-state index contributed by atoms with van der Waals surface area (Å²) in [6.07, 6.45) is 0. The number of methoxy groups -OCH3 is 1. The molecule has 144 valence electrons. The van der Waals surface area contributed by atoms with Crippen LogP contribution in [0.25, 0.3) is 0 Å². The maximum atomic E-state index is 13.0. The Morgan fingerprint density at radius 2 is 1.73 bits per heavy atom. The molecule has 0 bridgehead atoms. The Bertz CT molecular complexity index is 623. The van der Waals surface area contributed by atoms with Gasteiger partial charge >= 0.3 is 0 Å². The SMILES string of the molecule is COc1ccc(C(=O)NC(C(=O)N2C[C@H]3CNC[C@H]3C2)C(C)C)cc1.Cl. The summed E-state index contributed by atoms with van der Waals surface area (Å²) in [4.78, 5) is 27.4. The summed E-state index contributed by atoms with van der Waals surface area (Å²) in [5.41, 5.74) is 0.529. The average molecular weight is 382 g/mol. The van der Waals surface area contributed by atoms with Crippen LogP contribution in [0.5, 0.6) is 5.75 Å². The lowest BCUT2D eigenvalue weighted by molar-refractivity contribution is -0.133. The number of carbonyl (C=O) groups is 2. The molecule has 0 aliphatic carbocycles. The minimum Gasteiger partial charge on any atom is -0.497 e. The topological polar surface area (TPSA) is 70.7 Å². The molecule has 3 rings (SSSR count). The first-order valence-corrected chi connectivity index (χ1v) is 8.94. The molecular weight excluding hydrogens is 354 g/mol. The highest BCUT2D eigenvalue weighted by Gasteiger charge is 2.40. The quantitative estimate of drug-likeness (QED) is 0.811. The van der Waals surface area contributed by atoms with Crippen molar-refractivity contribution in [2.75, 3.05) is 33.3 Å². The first-order valence-electron chi connectivity index (χ1n) is 8.94.